The van der Waals surface area contributed by atoms with Crippen molar-refractivity contribution in [2.24, 2.45) is 22.0 Å². The second kappa shape index (κ2) is 4.84. The fourth-order valence-electron chi connectivity index (χ4n) is 1.05. The van der Waals surface area contributed by atoms with E-state index in [4.69, 9.17) is 5.73 Å². The fraction of sp³-hybridized carbons (Fsp3) is 1.00. The first-order valence-corrected chi connectivity index (χ1v) is 5.93. The van der Waals surface area contributed by atoms with Gasteiger partial charge in [0.1, 0.15) is 0 Å². The average Bonchev–Trinajstić information content (AvgIpc) is 2.01. The lowest BCUT2D eigenvalue weighted by Crippen LogP contribution is -2.43. The highest BCUT2D eigenvalue weighted by molar-refractivity contribution is 4.85. The Morgan fingerprint density at radius 3 is 1.67 bits per heavy atom. The maximum atomic E-state index is 5.70. The molecule has 0 unspecified atom stereocenters. The Labute approximate surface area is 96.0 Å². The van der Waals surface area contributed by atoms with Gasteiger partial charge in [0.15, 0.2) is 0 Å². The average molecular weight is 214 g/mol. The first-order chi connectivity index (χ1) is 6.52. The molecule has 0 aliphatic heterocycles. The minimum absolute atomic E-state index is 0.202. The summed E-state index contributed by atoms with van der Waals surface area (Å²) < 4.78 is 0. The SMILES string of the molecule is CC(C)(CN)CNCC(C)(C)C(C)(C)C. The highest BCUT2D eigenvalue weighted by Gasteiger charge is 2.32. The number of hydrogen-bond donors (Lipinski definition) is 2. The molecule has 0 saturated carbocycles. The molecule has 0 spiro atoms. The first-order valence-electron chi connectivity index (χ1n) is 5.93. The number of nitrogens with two attached hydrogens (primary N) is 1. The third-order valence-electron chi connectivity index (χ3n) is 3.75. The van der Waals surface area contributed by atoms with Crippen molar-refractivity contribution in [3.8, 4) is 0 Å². The molecule has 0 aliphatic carbocycles. The van der Waals surface area contributed by atoms with E-state index in [2.05, 4.69) is 53.8 Å². The van der Waals surface area contributed by atoms with Crippen molar-refractivity contribution < 1.29 is 0 Å². The maximum Gasteiger partial charge on any atom is 0.00148 e. The molecule has 0 fully saturated rings. The van der Waals surface area contributed by atoms with Crippen LogP contribution in [0.15, 0.2) is 0 Å². The second-order valence-corrected chi connectivity index (χ2v) is 7.11. The van der Waals surface area contributed by atoms with Crippen LogP contribution >= 0.6 is 0 Å². The molecule has 0 radical (unpaired) electrons. The number of nitrogens with one attached hydrogen (secondary N) is 1. The molecule has 0 atom stereocenters. The van der Waals surface area contributed by atoms with Crippen LogP contribution in [0.1, 0.15) is 48.5 Å². The summed E-state index contributed by atoms with van der Waals surface area (Å²) >= 11 is 0. The molecule has 0 aliphatic rings. The van der Waals surface area contributed by atoms with Gasteiger partial charge in [-0.3, -0.25) is 0 Å². The van der Waals surface area contributed by atoms with E-state index in [1.807, 2.05) is 0 Å². The lowest BCUT2D eigenvalue weighted by Gasteiger charge is -2.40. The van der Waals surface area contributed by atoms with Gasteiger partial charge in [-0.15, -0.1) is 0 Å². The summed E-state index contributed by atoms with van der Waals surface area (Å²) in [5, 5.41) is 3.54. The lowest BCUT2D eigenvalue weighted by molar-refractivity contribution is 0.124. The van der Waals surface area contributed by atoms with Crippen LogP contribution in [-0.2, 0) is 0 Å². The van der Waals surface area contributed by atoms with Gasteiger partial charge in [-0.05, 0) is 22.8 Å². The fourth-order valence-corrected chi connectivity index (χ4v) is 1.05. The minimum Gasteiger partial charge on any atom is -0.330 e. The zero-order chi connectivity index (χ0) is 12.3. The monoisotopic (exact) mass is 214 g/mol. The maximum absolute atomic E-state index is 5.70. The van der Waals surface area contributed by atoms with Crippen LogP contribution in [0.2, 0.25) is 0 Å². The van der Waals surface area contributed by atoms with Crippen molar-refractivity contribution in [2.45, 2.75) is 48.5 Å². The minimum atomic E-state index is 0.202. The van der Waals surface area contributed by atoms with Gasteiger partial charge in [-0.2, -0.15) is 0 Å². The molecule has 2 nitrogen and oxygen atoms in total. The summed E-state index contributed by atoms with van der Waals surface area (Å²) in [5.74, 6) is 0. The molecular weight excluding hydrogens is 184 g/mol. The van der Waals surface area contributed by atoms with Crippen LogP contribution in [-0.4, -0.2) is 19.6 Å². The van der Waals surface area contributed by atoms with E-state index in [0.717, 1.165) is 19.6 Å². The zero-order valence-electron chi connectivity index (χ0n) is 11.7. The van der Waals surface area contributed by atoms with Crippen molar-refractivity contribution in [2.75, 3.05) is 19.6 Å². The van der Waals surface area contributed by atoms with Crippen molar-refractivity contribution in [1.29, 1.82) is 0 Å². The summed E-state index contributed by atoms with van der Waals surface area (Å²) in [7, 11) is 0. The third-order valence-corrected chi connectivity index (χ3v) is 3.75. The third kappa shape index (κ3) is 4.98. The number of hydrogen-bond acceptors (Lipinski definition) is 2. The second-order valence-electron chi connectivity index (χ2n) is 7.11. The predicted octanol–water partition coefficient (Wildman–Crippen LogP) is 2.63. The van der Waals surface area contributed by atoms with Crippen molar-refractivity contribution in [3.05, 3.63) is 0 Å². The highest BCUT2D eigenvalue weighted by Crippen LogP contribution is 2.37. The summed E-state index contributed by atoms with van der Waals surface area (Å²) in [5.41, 5.74) is 6.53. The van der Waals surface area contributed by atoms with Crippen LogP contribution in [0.4, 0.5) is 0 Å². The zero-order valence-corrected chi connectivity index (χ0v) is 11.7. The van der Waals surface area contributed by atoms with E-state index in [0.29, 0.717) is 10.8 Å². The quantitative estimate of drug-likeness (QED) is 0.738. The van der Waals surface area contributed by atoms with Crippen molar-refractivity contribution in [1.82, 2.24) is 5.32 Å². The first kappa shape index (κ1) is 14.9. The summed E-state index contributed by atoms with van der Waals surface area (Å²) in [6.07, 6.45) is 0. The van der Waals surface area contributed by atoms with E-state index >= 15 is 0 Å². The standard InChI is InChI=1S/C13H30N2/c1-11(2,3)13(6,7)10-15-9-12(4,5)8-14/h15H,8-10,14H2,1-7H3. The molecule has 15 heavy (non-hydrogen) atoms. The smallest absolute Gasteiger partial charge is 0.00148 e. The van der Waals surface area contributed by atoms with Crippen LogP contribution in [0.3, 0.4) is 0 Å². The molecule has 0 aromatic carbocycles. The molecule has 92 valence electrons. The Bertz CT molecular complexity index is 187. The Balaban J connectivity index is 4.07. The molecule has 3 N–H and O–H groups in total. The lowest BCUT2D eigenvalue weighted by atomic mass is 9.69. The molecule has 0 bridgehead atoms. The number of rotatable bonds is 5. The Kier molecular flexibility index (Phi) is 4.81. The molecule has 0 aromatic heterocycles. The topological polar surface area (TPSA) is 38.0 Å². The van der Waals surface area contributed by atoms with E-state index < -0.39 is 0 Å². The highest BCUT2D eigenvalue weighted by atomic mass is 14.9. The van der Waals surface area contributed by atoms with Gasteiger partial charge >= 0.3 is 0 Å². The Hall–Kier alpha value is -0.0800. The van der Waals surface area contributed by atoms with Crippen LogP contribution in [0.25, 0.3) is 0 Å². The van der Waals surface area contributed by atoms with Crippen LogP contribution in [0.5, 0.6) is 0 Å². The Morgan fingerprint density at radius 2 is 1.33 bits per heavy atom. The molecule has 0 amide bonds. The van der Waals surface area contributed by atoms with E-state index in [1.54, 1.807) is 0 Å². The van der Waals surface area contributed by atoms with Gasteiger partial charge < -0.3 is 11.1 Å². The molecule has 0 aromatic rings. The molecule has 0 rings (SSSR count). The molecule has 0 heterocycles. The van der Waals surface area contributed by atoms with Gasteiger partial charge in [0.25, 0.3) is 0 Å². The van der Waals surface area contributed by atoms with Crippen LogP contribution in [0, 0.1) is 16.2 Å². The summed E-state index contributed by atoms with van der Waals surface area (Å²) in [6.45, 7) is 18.7. The van der Waals surface area contributed by atoms with Gasteiger partial charge in [0, 0.05) is 13.1 Å². The van der Waals surface area contributed by atoms with Gasteiger partial charge in [-0.25, -0.2) is 0 Å². The molecule has 2 heteroatoms. The molecule has 0 saturated heterocycles. The normalized spacial score (nSPS) is 14.4. The van der Waals surface area contributed by atoms with Gasteiger partial charge in [-0.1, -0.05) is 48.5 Å². The summed E-state index contributed by atoms with van der Waals surface area (Å²) in [4.78, 5) is 0. The Morgan fingerprint density at radius 1 is 0.867 bits per heavy atom. The van der Waals surface area contributed by atoms with Crippen molar-refractivity contribution in [3.63, 3.8) is 0 Å². The molecular formula is C13H30N2. The van der Waals surface area contributed by atoms with E-state index in [-0.39, 0.29) is 5.41 Å². The van der Waals surface area contributed by atoms with Gasteiger partial charge in [0.05, 0.1) is 0 Å². The van der Waals surface area contributed by atoms with E-state index in [9.17, 15) is 0 Å². The predicted molar refractivity (Wildman–Crippen MR) is 68.9 cm³/mol. The van der Waals surface area contributed by atoms with Crippen molar-refractivity contribution >= 4 is 0 Å². The summed E-state index contributed by atoms with van der Waals surface area (Å²) in [6, 6.07) is 0. The largest absolute Gasteiger partial charge is 0.330 e. The van der Waals surface area contributed by atoms with Gasteiger partial charge in [0.2, 0.25) is 0 Å². The van der Waals surface area contributed by atoms with E-state index in [1.165, 1.54) is 0 Å². The van der Waals surface area contributed by atoms with Crippen LogP contribution < -0.4 is 11.1 Å².